The fraction of sp³-hybridized carbons (Fsp3) is 0.400. The number of hydrogen-bond donors (Lipinski definition) is 1. The molecule has 1 aliphatic rings. The Hall–Kier alpha value is -2.27. The Morgan fingerprint density at radius 3 is 2.58 bits per heavy atom. The van der Waals surface area contributed by atoms with Crippen molar-refractivity contribution in [2.24, 2.45) is 5.92 Å². The summed E-state index contributed by atoms with van der Waals surface area (Å²) < 4.78 is 0. The summed E-state index contributed by atoms with van der Waals surface area (Å²) in [6, 6.07) is 11.6. The molecule has 0 aliphatic carbocycles. The predicted octanol–water partition coefficient (Wildman–Crippen LogP) is 3.77. The number of hydrogen-bond acceptors (Lipinski definition) is 4. The largest absolute Gasteiger partial charge is 0.384 e. The number of amides is 1. The molecule has 0 radical (unpaired) electrons. The molecule has 26 heavy (non-hydrogen) atoms. The second-order valence-electron chi connectivity index (χ2n) is 6.97. The number of anilines is 2. The normalized spacial score (nSPS) is 14.6. The molecule has 2 heterocycles. The number of halogens is 1. The molecule has 138 valence electrons. The first kappa shape index (κ1) is 18.5. The van der Waals surface area contributed by atoms with Crippen molar-refractivity contribution in [1.29, 1.82) is 0 Å². The summed E-state index contributed by atoms with van der Waals surface area (Å²) in [6.07, 6.45) is 1.73. The molecule has 3 rings (SSSR count). The Balaban J connectivity index is 1.56. The predicted molar refractivity (Wildman–Crippen MR) is 107 cm³/mol. The fourth-order valence-corrected chi connectivity index (χ4v) is 3.13. The van der Waals surface area contributed by atoms with E-state index in [0.717, 1.165) is 36.0 Å². The number of carbonyl (C=O) groups excluding carboxylic acids is 1. The van der Waals surface area contributed by atoms with Gasteiger partial charge < -0.3 is 15.1 Å². The number of pyridine rings is 1. The van der Waals surface area contributed by atoms with E-state index >= 15 is 0 Å². The van der Waals surface area contributed by atoms with Gasteiger partial charge in [-0.2, -0.15) is 0 Å². The first-order valence-electron chi connectivity index (χ1n) is 9.02. The van der Waals surface area contributed by atoms with Gasteiger partial charge in [-0.3, -0.25) is 4.79 Å². The molecule has 0 spiro atoms. The van der Waals surface area contributed by atoms with Gasteiger partial charge in [-0.1, -0.05) is 31.5 Å². The number of aromatic nitrogens is 1. The van der Waals surface area contributed by atoms with Crippen LogP contribution >= 0.6 is 11.6 Å². The molecule has 5 nitrogen and oxygen atoms in total. The van der Waals surface area contributed by atoms with Crippen LogP contribution in [0.5, 0.6) is 0 Å². The lowest BCUT2D eigenvalue weighted by Gasteiger charge is -2.36. The lowest BCUT2D eigenvalue weighted by atomic mass is 10.2. The lowest BCUT2D eigenvalue weighted by Crippen LogP contribution is -2.49. The molecular formula is C20H25ClN4O. The molecule has 0 unspecified atom stereocenters. The first-order chi connectivity index (χ1) is 12.5. The van der Waals surface area contributed by atoms with Crippen LogP contribution in [-0.2, 0) is 0 Å². The van der Waals surface area contributed by atoms with Crippen LogP contribution in [0.3, 0.4) is 0 Å². The van der Waals surface area contributed by atoms with E-state index in [1.165, 1.54) is 0 Å². The van der Waals surface area contributed by atoms with Gasteiger partial charge in [-0.15, -0.1) is 0 Å². The highest BCUT2D eigenvalue weighted by Crippen LogP contribution is 2.21. The molecule has 0 bridgehead atoms. The fourth-order valence-electron chi connectivity index (χ4n) is 2.95. The second-order valence-corrected chi connectivity index (χ2v) is 7.40. The van der Waals surface area contributed by atoms with Gasteiger partial charge in [-0.25, -0.2) is 4.98 Å². The molecule has 1 N–H and O–H groups in total. The minimum atomic E-state index is -0.00819. The molecule has 1 aromatic heterocycles. The van der Waals surface area contributed by atoms with Crippen LogP contribution in [0.15, 0.2) is 42.6 Å². The van der Waals surface area contributed by atoms with Crippen molar-refractivity contribution in [3.05, 3.63) is 53.3 Å². The van der Waals surface area contributed by atoms with E-state index in [1.807, 2.05) is 35.2 Å². The van der Waals surface area contributed by atoms with E-state index in [-0.39, 0.29) is 5.91 Å². The standard InChI is InChI=1S/C20H25ClN4O/c1-15(2)13-22-17-6-7-19(23-14-17)20(26)25-10-8-24(9-11-25)18-5-3-4-16(21)12-18/h3-7,12,14-15,22H,8-11,13H2,1-2H3. The van der Waals surface area contributed by atoms with Crippen LogP contribution in [0.1, 0.15) is 24.3 Å². The summed E-state index contributed by atoms with van der Waals surface area (Å²) in [4.78, 5) is 21.1. The first-order valence-corrected chi connectivity index (χ1v) is 9.40. The number of benzene rings is 1. The van der Waals surface area contributed by atoms with Crippen molar-refractivity contribution in [3.8, 4) is 0 Å². The molecule has 2 aromatic rings. The Kier molecular flexibility index (Phi) is 5.99. The van der Waals surface area contributed by atoms with Gasteiger partial charge in [0.1, 0.15) is 5.69 Å². The van der Waals surface area contributed by atoms with E-state index in [2.05, 4.69) is 29.0 Å². The van der Waals surface area contributed by atoms with Gasteiger partial charge >= 0.3 is 0 Å². The van der Waals surface area contributed by atoms with Crippen molar-refractivity contribution < 1.29 is 4.79 Å². The van der Waals surface area contributed by atoms with E-state index in [1.54, 1.807) is 12.3 Å². The third-order valence-electron chi connectivity index (χ3n) is 4.44. The molecular weight excluding hydrogens is 348 g/mol. The summed E-state index contributed by atoms with van der Waals surface area (Å²) in [5.41, 5.74) is 2.54. The van der Waals surface area contributed by atoms with Gasteiger partial charge in [0.15, 0.2) is 0 Å². The Bertz CT molecular complexity index is 740. The third kappa shape index (κ3) is 4.67. The molecule has 1 fully saturated rings. The van der Waals surface area contributed by atoms with Gasteiger partial charge in [0.05, 0.1) is 11.9 Å². The number of nitrogens with one attached hydrogen (secondary N) is 1. The number of rotatable bonds is 5. The highest BCUT2D eigenvalue weighted by molar-refractivity contribution is 6.30. The summed E-state index contributed by atoms with van der Waals surface area (Å²) in [7, 11) is 0. The van der Waals surface area contributed by atoms with Crippen LogP contribution in [0.25, 0.3) is 0 Å². The maximum atomic E-state index is 12.7. The highest BCUT2D eigenvalue weighted by Gasteiger charge is 2.23. The topological polar surface area (TPSA) is 48.5 Å². The molecule has 6 heteroatoms. The Morgan fingerprint density at radius 1 is 1.19 bits per heavy atom. The van der Waals surface area contributed by atoms with E-state index < -0.39 is 0 Å². The summed E-state index contributed by atoms with van der Waals surface area (Å²) in [5, 5.41) is 4.05. The summed E-state index contributed by atoms with van der Waals surface area (Å²) in [6.45, 7) is 8.14. The van der Waals surface area contributed by atoms with Crippen LogP contribution in [0, 0.1) is 5.92 Å². The minimum absolute atomic E-state index is 0.00819. The number of nitrogens with zero attached hydrogens (tertiary/aromatic N) is 3. The maximum absolute atomic E-state index is 12.7. The zero-order chi connectivity index (χ0) is 18.5. The molecule has 1 aromatic carbocycles. The summed E-state index contributed by atoms with van der Waals surface area (Å²) >= 11 is 6.07. The van der Waals surface area contributed by atoms with E-state index in [9.17, 15) is 4.79 Å². The lowest BCUT2D eigenvalue weighted by molar-refractivity contribution is 0.0741. The summed E-state index contributed by atoms with van der Waals surface area (Å²) in [5.74, 6) is 0.554. The second kappa shape index (κ2) is 8.41. The van der Waals surface area contributed by atoms with Crippen molar-refractivity contribution in [3.63, 3.8) is 0 Å². The van der Waals surface area contributed by atoms with Crippen molar-refractivity contribution in [2.45, 2.75) is 13.8 Å². The molecule has 1 amide bonds. The average Bonchev–Trinajstić information content (AvgIpc) is 2.66. The van der Waals surface area contributed by atoms with E-state index in [4.69, 9.17) is 11.6 Å². The number of carbonyl (C=O) groups is 1. The quantitative estimate of drug-likeness (QED) is 0.868. The minimum Gasteiger partial charge on any atom is -0.384 e. The SMILES string of the molecule is CC(C)CNc1ccc(C(=O)N2CCN(c3cccc(Cl)c3)CC2)nc1. The monoisotopic (exact) mass is 372 g/mol. The van der Waals surface area contributed by atoms with Crippen LogP contribution in [-0.4, -0.2) is 48.5 Å². The van der Waals surface area contributed by atoms with Crippen molar-refractivity contribution in [2.75, 3.05) is 42.9 Å². The number of piperazine rings is 1. The van der Waals surface area contributed by atoms with Gasteiger partial charge in [0, 0.05) is 43.4 Å². The maximum Gasteiger partial charge on any atom is 0.272 e. The molecule has 1 aliphatic heterocycles. The van der Waals surface area contributed by atoms with Gasteiger partial charge in [0.2, 0.25) is 0 Å². The highest BCUT2D eigenvalue weighted by atomic mass is 35.5. The van der Waals surface area contributed by atoms with Crippen LogP contribution < -0.4 is 10.2 Å². The zero-order valence-electron chi connectivity index (χ0n) is 15.3. The zero-order valence-corrected chi connectivity index (χ0v) is 16.0. The third-order valence-corrected chi connectivity index (χ3v) is 4.67. The Morgan fingerprint density at radius 2 is 1.96 bits per heavy atom. The smallest absolute Gasteiger partial charge is 0.272 e. The van der Waals surface area contributed by atoms with Gasteiger partial charge in [0.25, 0.3) is 5.91 Å². The molecule has 0 atom stereocenters. The Labute approximate surface area is 160 Å². The van der Waals surface area contributed by atoms with Crippen LogP contribution in [0.4, 0.5) is 11.4 Å². The molecule has 1 saturated heterocycles. The average molecular weight is 373 g/mol. The van der Waals surface area contributed by atoms with Crippen LogP contribution in [0.2, 0.25) is 5.02 Å². The van der Waals surface area contributed by atoms with Crippen molar-refractivity contribution >= 4 is 28.9 Å². The molecule has 0 saturated carbocycles. The van der Waals surface area contributed by atoms with Crippen molar-refractivity contribution in [1.82, 2.24) is 9.88 Å². The van der Waals surface area contributed by atoms with E-state index in [0.29, 0.717) is 24.7 Å². The van der Waals surface area contributed by atoms with Gasteiger partial charge in [-0.05, 0) is 36.2 Å².